The van der Waals surface area contributed by atoms with Gasteiger partial charge in [0.2, 0.25) is 0 Å². The molecule has 0 aliphatic carbocycles. The second-order valence-corrected chi connectivity index (χ2v) is 4.62. The number of carbonyl (C=O) groups excluding carboxylic acids is 1. The molecule has 0 aliphatic heterocycles. The minimum Gasteiger partial charge on any atom is -0.493 e. The van der Waals surface area contributed by atoms with E-state index >= 15 is 0 Å². The second-order valence-electron chi connectivity index (χ2n) is 4.62. The molecule has 0 fully saturated rings. The van der Waals surface area contributed by atoms with Crippen LogP contribution in [0.3, 0.4) is 0 Å². The summed E-state index contributed by atoms with van der Waals surface area (Å²) in [6, 6.07) is 8.74. The lowest BCUT2D eigenvalue weighted by molar-refractivity contribution is 0.0926. The minimum atomic E-state index is -0.395. The van der Waals surface area contributed by atoms with E-state index in [-0.39, 0.29) is 5.76 Å². The van der Waals surface area contributed by atoms with Crippen LogP contribution >= 0.6 is 0 Å². The van der Waals surface area contributed by atoms with Gasteiger partial charge >= 0.3 is 5.91 Å². The van der Waals surface area contributed by atoms with Crippen molar-refractivity contribution in [3.05, 3.63) is 47.4 Å². The molecule has 1 N–H and O–H groups in total. The van der Waals surface area contributed by atoms with Gasteiger partial charge in [-0.2, -0.15) is 5.10 Å². The van der Waals surface area contributed by atoms with Crippen molar-refractivity contribution >= 4 is 11.6 Å². The van der Waals surface area contributed by atoms with E-state index in [0.717, 1.165) is 5.56 Å². The van der Waals surface area contributed by atoms with E-state index in [0.29, 0.717) is 23.0 Å². The summed E-state index contributed by atoms with van der Waals surface area (Å²) in [5.74, 6) is 1.73. The average molecular weight is 302 g/mol. The van der Waals surface area contributed by atoms with Crippen LogP contribution in [0.4, 0.5) is 0 Å². The molecule has 1 amide bonds. The van der Waals surface area contributed by atoms with Gasteiger partial charge in [-0.15, -0.1) is 0 Å². The highest BCUT2D eigenvalue weighted by Gasteiger charge is 2.10. The Bertz CT molecular complexity index is 704. The van der Waals surface area contributed by atoms with E-state index in [4.69, 9.17) is 13.9 Å². The Morgan fingerprint density at radius 1 is 1.14 bits per heavy atom. The summed E-state index contributed by atoms with van der Waals surface area (Å²) in [7, 11) is 3.14. The lowest BCUT2D eigenvalue weighted by atomic mass is 10.1. The van der Waals surface area contributed by atoms with Gasteiger partial charge in [0.1, 0.15) is 5.76 Å². The highest BCUT2D eigenvalue weighted by atomic mass is 16.5. The van der Waals surface area contributed by atoms with E-state index < -0.39 is 5.91 Å². The van der Waals surface area contributed by atoms with Gasteiger partial charge in [-0.3, -0.25) is 4.79 Å². The van der Waals surface area contributed by atoms with Crippen molar-refractivity contribution < 1.29 is 18.7 Å². The fourth-order valence-corrected chi connectivity index (χ4v) is 1.87. The van der Waals surface area contributed by atoms with Crippen molar-refractivity contribution in [2.45, 2.75) is 13.8 Å². The molecule has 0 saturated carbocycles. The number of hydrogen-bond donors (Lipinski definition) is 1. The highest BCUT2D eigenvalue weighted by Crippen LogP contribution is 2.27. The van der Waals surface area contributed by atoms with Crippen LogP contribution in [0.2, 0.25) is 0 Å². The first kappa shape index (κ1) is 15.6. The van der Waals surface area contributed by atoms with E-state index in [1.54, 1.807) is 52.3 Å². The van der Waals surface area contributed by atoms with Gasteiger partial charge in [-0.05, 0) is 44.2 Å². The second kappa shape index (κ2) is 6.80. The standard InChI is InChI=1S/C16H18N2O4/c1-10-5-7-14(22-10)16(19)18-17-11(2)12-6-8-13(20-3)15(9-12)21-4/h5-9H,1-4H3,(H,18,19). The normalized spacial score (nSPS) is 11.2. The van der Waals surface area contributed by atoms with Gasteiger partial charge in [0.25, 0.3) is 0 Å². The molecule has 0 spiro atoms. The SMILES string of the molecule is COc1ccc(C(C)=NNC(=O)c2ccc(C)o2)cc1OC. The van der Waals surface area contributed by atoms with Crippen LogP contribution in [0.15, 0.2) is 39.9 Å². The van der Waals surface area contributed by atoms with Crippen LogP contribution in [0.25, 0.3) is 0 Å². The van der Waals surface area contributed by atoms with Gasteiger partial charge in [-0.25, -0.2) is 5.43 Å². The quantitative estimate of drug-likeness (QED) is 0.681. The van der Waals surface area contributed by atoms with Gasteiger partial charge in [0, 0.05) is 5.56 Å². The summed E-state index contributed by atoms with van der Waals surface area (Å²) >= 11 is 0. The summed E-state index contributed by atoms with van der Waals surface area (Å²) in [6.07, 6.45) is 0. The zero-order valence-electron chi connectivity index (χ0n) is 13.0. The van der Waals surface area contributed by atoms with Gasteiger partial charge in [-0.1, -0.05) is 0 Å². The fourth-order valence-electron chi connectivity index (χ4n) is 1.87. The third-order valence-corrected chi connectivity index (χ3v) is 3.09. The van der Waals surface area contributed by atoms with Crippen LogP contribution in [0, 0.1) is 6.92 Å². The molecule has 0 atom stereocenters. The largest absolute Gasteiger partial charge is 0.493 e. The van der Waals surface area contributed by atoms with Crippen LogP contribution in [-0.4, -0.2) is 25.8 Å². The first-order valence-corrected chi connectivity index (χ1v) is 6.68. The van der Waals surface area contributed by atoms with Crippen LogP contribution in [0.5, 0.6) is 11.5 Å². The Morgan fingerprint density at radius 2 is 1.86 bits per heavy atom. The third-order valence-electron chi connectivity index (χ3n) is 3.09. The molecule has 1 aromatic heterocycles. The van der Waals surface area contributed by atoms with Crippen molar-refractivity contribution in [1.29, 1.82) is 0 Å². The number of hydrazone groups is 1. The molecular weight excluding hydrogens is 284 g/mol. The van der Waals surface area contributed by atoms with Crippen molar-refractivity contribution in [2.24, 2.45) is 5.10 Å². The smallest absolute Gasteiger partial charge is 0.307 e. The number of amides is 1. The summed E-state index contributed by atoms with van der Waals surface area (Å²) in [4.78, 5) is 11.9. The molecule has 0 aliphatic rings. The molecule has 2 rings (SSSR count). The number of methoxy groups -OCH3 is 2. The molecule has 0 bridgehead atoms. The monoisotopic (exact) mass is 302 g/mol. The molecule has 6 heteroatoms. The molecule has 22 heavy (non-hydrogen) atoms. The molecule has 1 aromatic carbocycles. The van der Waals surface area contributed by atoms with Crippen molar-refractivity contribution in [1.82, 2.24) is 5.43 Å². The van der Waals surface area contributed by atoms with Crippen LogP contribution < -0.4 is 14.9 Å². The third kappa shape index (κ3) is 3.46. The summed E-state index contributed by atoms with van der Waals surface area (Å²) in [6.45, 7) is 3.56. The lowest BCUT2D eigenvalue weighted by Crippen LogP contribution is -2.18. The van der Waals surface area contributed by atoms with E-state index in [1.165, 1.54) is 0 Å². The highest BCUT2D eigenvalue weighted by molar-refractivity contribution is 6.00. The number of nitrogens with zero attached hydrogens (tertiary/aromatic N) is 1. The zero-order chi connectivity index (χ0) is 16.1. The number of hydrogen-bond acceptors (Lipinski definition) is 5. The number of aryl methyl sites for hydroxylation is 1. The lowest BCUT2D eigenvalue weighted by Gasteiger charge is -2.09. The number of carbonyl (C=O) groups is 1. The minimum absolute atomic E-state index is 0.223. The van der Waals surface area contributed by atoms with E-state index in [9.17, 15) is 4.79 Å². The number of benzene rings is 1. The maximum Gasteiger partial charge on any atom is 0.307 e. The van der Waals surface area contributed by atoms with Gasteiger partial charge in [0.05, 0.1) is 19.9 Å². The first-order chi connectivity index (χ1) is 10.5. The van der Waals surface area contributed by atoms with Crippen LogP contribution in [0.1, 0.15) is 28.8 Å². The summed E-state index contributed by atoms with van der Waals surface area (Å²) in [5.41, 5.74) is 3.91. The topological polar surface area (TPSA) is 73.1 Å². The van der Waals surface area contributed by atoms with Crippen LogP contribution in [-0.2, 0) is 0 Å². The maximum atomic E-state index is 11.9. The molecule has 0 radical (unpaired) electrons. The van der Waals surface area contributed by atoms with Crippen molar-refractivity contribution in [3.8, 4) is 11.5 Å². The number of furan rings is 1. The maximum absolute atomic E-state index is 11.9. The zero-order valence-corrected chi connectivity index (χ0v) is 13.0. The average Bonchev–Trinajstić information content (AvgIpc) is 2.98. The van der Waals surface area contributed by atoms with Crippen molar-refractivity contribution in [3.63, 3.8) is 0 Å². The molecule has 0 unspecified atom stereocenters. The number of ether oxygens (including phenoxy) is 2. The first-order valence-electron chi connectivity index (χ1n) is 6.68. The summed E-state index contributed by atoms with van der Waals surface area (Å²) < 4.78 is 15.7. The Balaban J connectivity index is 2.13. The van der Waals surface area contributed by atoms with E-state index in [2.05, 4.69) is 10.5 Å². The molecular formula is C16H18N2O4. The fraction of sp³-hybridized carbons (Fsp3) is 0.250. The summed E-state index contributed by atoms with van der Waals surface area (Å²) in [5, 5.41) is 4.07. The molecule has 2 aromatic rings. The molecule has 1 heterocycles. The Morgan fingerprint density at radius 3 is 2.45 bits per heavy atom. The molecule has 116 valence electrons. The van der Waals surface area contributed by atoms with Crippen molar-refractivity contribution in [2.75, 3.05) is 14.2 Å². The van der Waals surface area contributed by atoms with Gasteiger partial charge < -0.3 is 13.9 Å². The predicted molar refractivity (Wildman–Crippen MR) is 82.7 cm³/mol. The Hall–Kier alpha value is -2.76. The van der Waals surface area contributed by atoms with Gasteiger partial charge in [0.15, 0.2) is 17.3 Å². The number of rotatable bonds is 5. The molecule has 6 nitrogen and oxygen atoms in total. The number of nitrogens with one attached hydrogen (secondary N) is 1. The predicted octanol–water partition coefficient (Wildman–Crippen LogP) is 2.76. The Labute approximate surface area is 128 Å². The molecule has 0 saturated heterocycles. The van der Waals surface area contributed by atoms with E-state index in [1.807, 2.05) is 6.07 Å². The Kier molecular flexibility index (Phi) is 4.83.